The zero-order valence-electron chi connectivity index (χ0n) is 16.2. The lowest BCUT2D eigenvalue weighted by Crippen LogP contribution is -2.57. The quantitative estimate of drug-likeness (QED) is 0.777. The lowest BCUT2D eigenvalue weighted by atomic mass is 9.83. The molecule has 28 heavy (non-hydrogen) atoms. The third-order valence-electron chi connectivity index (χ3n) is 5.60. The number of benzene rings is 1. The van der Waals surface area contributed by atoms with Crippen LogP contribution in [0.1, 0.15) is 43.0 Å². The third kappa shape index (κ3) is 4.03. The molecule has 1 spiro atoms. The van der Waals surface area contributed by atoms with Gasteiger partial charge in [-0.25, -0.2) is 8.78 Å². The molecule has 0 aromatic heterocycles. The molecule has 1 aromatic carbocycles. The van der Waals surface area contributed by atoms with E-state index in [1.165, 1.54) is 12.0 Å². The first-order chi connectivity index (χ1) is 13.4. The molecule has 6 nitrogen and oxygen atoms in total. The smallest absolute Gasteiger partial charge is 0.259 e. The standard InChI is InChI=1S/C20H26F2N2O4/c1-13-5-7-20(8-6-13)24(17(12-28-20)18(25)23-9-10-27-2)19(26)15-4-3-14(21)11-16(15)22/h3-4,11,13,17H,5-10,12H2,1-2H3,(H,23,25)/t13?,17-,20?/m1/s1. The summed E-state index contributed by atoms with van der Waals surface area (Å²) in [6.45, 7) is 2.80. The number of hydrogen-bond donors (Lipinski definition) is 1. The van der Waals surface area contributed by atoms with Crippen LogP contribution in [-0.4, -0.2) is 55.3 Å². The van der Waals surface area contributed by atoms with Gasteiger partial charge in [0.25, 0.3) is 5.91 Å². The third-order valence-corrected chi connectivity index (χ3v) is 5.60. The second kappa shape index (κ2) is 8.53. The molecule has 1 N–H and O–H groups in total. The number of hydrogen-bond acceptors (Lipinski definition) is 4. The Kier molecular flexibility index (Phi) is 6.30. The minimum absolute atomic E-state index is 0.0434. The first kappa shape index (κ1) is 20.7. The molecule has 3 rings (SSSR count). The van der Waals surface area contributed by atoms with Crippen LogP contribution in [0.3, 0.4) is 0 Å². The second-order valence-electron chi connectivity index (χ2n) is 7.54. The van der Waals surface area contributed by atoms with Gasteiger partial charge in [-0.15, -0.1) is 0 Å². The van der Waals surface area contributed by atoms with Gasteiger partial charge in [0.1, 0.15) is 23.4 Å². The lowest BCUT2D eigenvalue weighted by Gasteiger charge is -2.43. The molecule has 1 saturated heterocycles. The van der Waals surface area contributed by atoms with Crippen LogP contribution in [0.15, 0.2) is 18.2 Å². The zero-order chi connectivity index (χ0) is 20.3. The SMILES string of the molecule is COCCNC(=O)[C@H]1COC2(CCC(C)CC2)N1C(=O)c1ccc(F)cc1F. The highest BCUT2D eigenvalue weighted by atomic mass is 19.1. The molecule has 2 aliphatic rings. The first-order valence-corrected chi connectivity index (χ1v) is 9.57. The number of halogens is 2. The van der Waals surface area contributed by atoms with Crippen molar-refractivity contribution in [2.45, 2.75) is 44.4 Å². The molecule has 1 saturated carbocycles. The van der Waals surface area contributed by atoms with E-state index in [-0.39, 0.29) is 18.1 Å². The highest BCUT2D eigenvalue weighted by Gasteiger charge is 2.53. The van der Waals surface area contributed by atoms with Crippen molar-refractivity contribution < 1.29 is 27.8 Å². The number of methoxy groups -OCH3 is 1. The molecule has 1 atom stereocenters. The highest BCUT2D eigenvalue weighted by molar-refractivity contribution is 5.98. The molecule has 1 heterocycles. The summed E-state index contributed by atoms with van der Waals surface area (Å²) in [5.41, 5.74) is -1.20. The fourth-order valence-corrected chi connectivity index (χ4v) is 3.97. The normalized spacial score (nSPS) is 27.2. The van der Waals surface area contributed by atoms with Crippen LogP contribution in [-0.2, 0) is 14.3 Å². The number of rotatable bonds is 5. The summed E-state index contributed by atoms with van der Waals surface area (Å²) in [7, 11) is 1.52. The van der Waals surface area contributed by atoms with Gasteiger partial charge in [-0.3, -0.25) is 14.5 Å². The monoisotopic (exact) mass is 396 g/mol. The molecule has 154 valence electrons. The molecule has 0 bridgehead atoms. The fraction of sp³-hybridized carbons (Fsp3) is 0.600. The Bertz CT molecular complexity index is 735. The molecule has 0 unspecified atom stereocenters. The van der Waals surface area contributed by atoms with E-state index < -0.39 is 29.3 Å². The van der Waals surface area contributed by atoms with Crippen molar-refractivity contribution in [1.29, 1.82) is 0 Å². The van der Waals surface area contributed by atoms with Crippen molar-refractivity contribution in [3.05, 3.63) is 35.4 Å². The Hall–Kier alpha value is -2.06. The molecular weight excluding hydrogens is 370 g/mol. The Labute approximate surface area is 163 Å². The van der Waals surface area contributed by atoms with Crippen LogP contribution in [0, 0.1) is 17.6 Å². The predicted octanol–water partition coefficient (Wildman–Crippen LogP) is 2.47. The topological polar surface area (TPSA) is 67.9 Å². The Morgan fingerprint density at radius 3 is 2.68 bits per heavy atom. The summed E-state index contributed by atoms with van der Waals surface area (Å²) in [4.78, 5) is 27.3. The Balaban J connectivity index is 1.90. The van der Waals surface area contributed by atoms with Crippen molar-refractivity contribution in [2.24, 2.45) is 5.92 Å². The van der Waals surface area contributed by atoms with Gasteiger partial charge in [-0.2, -0.15) is 0 Å². The molecule has 0 radical (unpaired) electrons. The van der Waals surface area contributed by atoms with Crippen molar-refractivity contribution in [3.63, 3.8) is 0 Å². The van der Waals surface area contributed by atoms with Gasteiger partial charge in [0.15, 0.2) is 0 Å². The maximum atomic E-state index is 14.3. The minimum atomic E-state index is -0.949. The van der Waals surface area contributed by atoms with Crippen LogP contribution in [0.2, 0.25) is 0 Å². The summed E-state index contributed by atoms with van der Waals surface area (Å²) in [6.07, 6.45) is 2.83. The Morgan fingerprint density at radius 2 is 2.04 bits per heavy atom. The molecular formula is C20H26F2N2O4. The summed E-state index contributed by atoms with van der Waals surface area (Å²) in [5.74, 6) is -2.25. The van der Waals surface area contributed by atoms with Gasteiger partial charge in [0.2, 0.25) is 5.91 Å². The second-order valence-corrected chi connectivity index (χ2v) is 7.54. The van der Waals surface area contributed by atoms with E-state index in [1.54, 1.807) is 0 Å². The van der Waals surface area contributed by atoms with Crippen molar-refractivity contribution >= 4 is 11.8 Å². The molecule has 1 aromatic rings. The summed E-state index contributed by atoms with van der Waals surface area (Å²) >= 11 is 0. The van der Waals surface area contributed by atoms with Gasteiger partial charge >= 0.3 is 0 Å². The van der Waals surface area contributed by atoms with Crippen molar-refractivity contribution in [2.75, 3.05) is 26.9 Å². The number of ether oxygens (including phenoxy) is 2. The average Bonchev–Trinajstić information content (AvgIpc) is 3.03. The number of carbonyl (C=O) groups is 2. The first-order valence-electron chi connectivity index (χ1n) is 9.57. The highest BCUT2D eigenvalue weighted by Crippen LogP contribution is 2.43. The number of nitrogens with zero attached hydrogens (tertiary/aromatic N) is 1. The average molecular weight is 396 g/mol. The van der Waals surface area contributed by atoms with Gasteiger partial charge in [-0.05, 0) is 43.7 Å². The van der Waals surface area contributed by atoms with Gasteiger partial charge in [0, 0.05) is 19.7 Å². The van der Waals surface area contributed by atoms with E-state index in [2.05, 4.69) is 12.2 Å². The van der Waals surface area contributed by atoms with Crippen molar-refractivity contribution in [1.82, 2.24) is 10.2 Å². The van der Waals surface area contributed by atoms with Gasteiger partial charge in [0.05, 0.1) is 18.8 Å². The van der Waals surface area contributed by atoms with E-state index in [0.717, 1.165) is 25.0 Å². The largest absolute Gasteiger partial charge is 0.383 e. The van der Waals surface area contributed by atoms with E-state index >= 15 is 0 Å². The van der Waals surface area contributed by atoms with Gasteiger partial charge in [-0.1, -0.05) is 6.92 Å². The lowest BCUT2D eigenvalue weighted by molar-refractivity contribution is -0.128. The summed E-state index contributed by atoms with van der Waals surface area (Å²) < 4.78 is 38.5. The molecule has 2 amide bonds. The van der Waals surface area contributed by atoms with Gasteiger partial charge < -0.3 is 14.8 Å². The fourth-order valence-electron chi connectivity index (χ4n) is 3.97. The molecule has 1 aliphatic heterocycles. The summed E-state index contributed by atoms with van der Waals surface area (Å²) in [5, 5.41) is 2.72. The zero-order valence-corrected chi connectivity index (χ0v) is 16.2. The Morgan fingerprint density at radius 1 is 1.32 bits per heavy atom. The van der Waals surface area contributed by atoms with Crippen molar-refractivity contribution in [3.8, 4) is 0 Å². The summed E-state index contributed by atoms with van der Waals surface area (Å²) in [6, 6.07) is 1.95. The van der Waals surface area contributed by atoms with Crippen LogP contribution in [0.4, 0.5) is 8.78 Å². The van der Waals surface area contributed by atoms with E-state index in [1.807, 2.05) is 0 Å². The maximum Gasteiger partial charge on any atom is 0.259 e. The molecule has 2 fully saturated rings. The predicted molar refractivity (Wildman–Crippen MR) is 97.5 cm³/mol. The number of amides is 2. The molecule has 8 heteroatoms. The van der Waals surface area contributed by atoms with E-state index in [9.17, 15) is 18.4 Å². The number of nitrogens with one attached hydrogen (secondary N) is 1. The minimum Gasteiger partial charge on any atom is -0.383 e. The number of carbonyl (C=O) groups excluding carboxylic acids is 2. The van der Waals surface area contributed by atoms with E-state index in [0.29, 0.717) is 38.0 Å². The van der Waals surface area contributed by atoms with Crippen LogP contribution in [0.25, 0.3) is 0 Å². The molecule has 1 aliphatic carbocycles. The van der Waals surface area contributed by atoms with Crippen LogP contribution in [0.5, 0.6) is 0 Å². The maximum absolute atomic E-state index is 14.3. The van der Waals surface area contributed by atoms with Crippen LogP contribution >= 0.6 is 0 Å². The van der Waals surface area contributed by atoms with E-state index in [4.69, 9.17) is 9.47 Å². The van der Waals surface area contributed by atoms with Crippen LogP contribution < -0.4 is 5.32 Å².